The number of pyridine rings is 2. The van der Waals surface area contributed by atoms with Crippen LogP contribution in [0.1, 0.15) is 10.5 Å². The van der Waals surface area contributed by atoms with E-state index in [4.69, 9.17) is 16.3 Å². The second-order valence-corrected chi connectivity index (χ2v) is 4.26. The number of fused-ring (bicyclic) bond motifs is 1. The van der Waals surface area contributed by atoms with Crippen LogP contribution in [-0.2, 0) is 0 Å². The molecule has 0 fully saturated rings. The lowest BCUT2D eigenvalue weighted by Crippen LogP contribution is -2.08. The first kappa shape index (κ1) is 11.7. The third-order valence-electron chi connectivity index (χ3n) is 2.46. The molecule has 19 heavy (non-hydrogen) atoms. The summed E-state index contributed by atoms with van der Waals surface area (Å²) in [5.41, 5.74) is 0.907. The first-order valence-corrected chi connectivity index (χ1v) is 5.86. The number of carbonyl (C=O) groups is 1. The summed E-state index contributed by atoms with van der Waals surface area (Å²) in [5, 5.41) is 0.403. The van der Waals surface area contributed by atoms with Gasteiger partial charge in [0.25, 0.3) is 0 Å². The van der Waals surface area contributed by atoms with E-state index in [1.54, 1.807) is 22.9 Å². The first-order chi connectivity index (χ1) is 9.22. The van der Waals surface area contributed by atoms with Crippen LogP contribution < -0.4 is 4.74 Å². The van der Waals surface area contributed by atoms with Gasteiger partial charge in [0.2, 0.25) is 0 Å². The molecular formula is C13H8ClN3O2. The summed E-state index contributed by atoms with van der Waals surface area (Å²) >= 11 is 5.77. The molecule has 0 N–H and O–H groups in total. The molecule has 3 heterocycles. The minimum absolute atomic E-state index is 0.228. The fourth-order valence-electron chi connectivity index (χ4n) is 1.64. The van der Waals surface area contributed by atoms with E-state index in [1.807, 2.05) is 12.1 Å². The summed E-state index contributed by atoms with van der Waals surface area (Å²) in [7, 11) is 0. The maximum Gasteiger partial charge on any atom is 0.364 e. The van der Waals surface area contributed by atoms with Crippen molar-refractivity contribution in [2.45, 2.75) is 0 Å². The number of halogens is 1. The summed E-state index contributed by atoms with van der Waals surface area (Å²) in [6.07, 6.45) is 6.29. The van der Waals surface area contributed by atoms with E-state index in [0.717, 1.165) is 0 Å². The maximum absolute atomic E-state index is 11.9. The summed E-state index contributed by atoms with van der Waals surface area (Å²) < 4.78 is 6.89. The van der Waals surface area contributed by atoms with Crippen molar-refractivity contribution in [1.29, 1.82) is 0 Å². The smallest absolute Gasteiger partial charge is 0.364 e. The van der Waals surface area contributed by atoms with Crippen LogP contribution in [0.5, 0.6) is 5.75 Å². The van der Waals surface area contributed by atoms with Crippen LogP contribution in [0.3, 0.4) is 0 Å². The van der Waals surface area contributed by atoms with Crippen LogP contribution in [0.15, 0.2) is 49.1 Å². The van der Waals surface area contributed by atoms with E-state index >= 15 is 0 Å². The quantitative estimate of drug-likeness (QED) is 0.674. The highest BCUT2D eigenvalue weighted by Gasteiger charge is 2.13. The van der Waals surface area contributed by atoms with Gasteiger partial charge < -0.3 is 9.14 Å². The molecule has 0 atom stereocenters. The number of ether oxygens (including phenoxy) is 1. The van der Waals surface area contributed by atoms with E-state index in [0.29, 0.717) is 10.7 Å². The van der Waals surface area contributed by atoms with Crippen molar-refractivity contribution >= 4 is 23.2 Å². The zero-order valence-electron chi connectivity index (χ0n) is 9.65. The van der Waals surface area contributed by atoms with E-state index in [1.165, 1.54) is 18.5 Å². The van der Waals surface area contributed by atoms with Gasteiger partial charge in [-0.25, -0.2) is 9.78 Å². The molecule has 3 rings (SSSR count). The molecule has 0 radical (unpaired) electrons. The summed E-state index contributed by atoms with van der Waals surface area (Å²) in [5.74, 6) is -0.262. The number of esters is 1. The van der Waals surface area contributed by atoms with Crippen molar-refractivity contribution in [3.63, 3.8) is 0 Å². The largest absolute Gasteiger partial charge is 0.420 e. The van der Waals surface area contributed by atoms with Gasteiger partial charge in [-0.3, -0.25) is 4.98 Å². The first-order valence-electron chi connectivity index (χ1n) is 5.49. The van der Waals surface area contributed by atoms with Crippen LogP contribution in [0, 0.1) is 0 Å². The normalized spacial score (nSPS) is 10.6. The lowest BCUT2D eigenvalue weighted by atomic mass is 10.4. The van der Waals surface area contributed by atoms with Crippen LogP contribution in [-0.4, -0.2) is 20.3 Å². The highest BCUT2D eigenvalue weighted by Crippen LogP contribution is 2.16. The molecule has 0 unspecified atom stereocenters. The number of aromatic nitrogens is 3. The molecule has 3 aromatic heterocycles. The van der Waals surface area contributed by atoms with Crippen LogP contribution in [0.25, 0.3) is 5.65 Å². The van der Waals surface area contributed by atoms with Crippen molar-refractivity contribution in [2.75, 3.05) is 0 Å². The number of nitrogens with zero attached hydrogens (tertiary/aromatic N) is 3. The number of carbonyl (C=O) groups excluding carboxylic acids is 1. The third kappa shape index (κ3) is 2.41. The highest BCUT2D eigenvalue weighted by atomic mass is 35.5. The summed E-state index contributed by atoms with van der Waals surface area (Å²) in [6, 6.07) is 7.02. The predicted octanol–water partition coefficient (Wildman–Crippen LogP) is 2.60. The molecule has 0 saturated carbocycles. The second kappa shape index (κ2) is 4.70. The summed E-state index contributed by atoms with van der Waals surface area (Å²) in [6.45, 7) is 0. The van der Waals surface area contributed by atoms with E-state index in [2.05, 4.69) is 9.97 Å². The number of imidazole rings is 1. The highest BCUT2D eigenvalue weighted by molar-refractivity contribution is 6.30. The standard InChI is InChI=1S/C13H8ClN3O2/c14-9-5-10(7-15-6-9)19-13(18)11-8-17-4-2-1-3-12(17)16-11/h1-8H. The van der Waals surface area contributed by atoms with Crippen molar-refractivity contribution < 1.29 is 9.53 Å². The molecule has 0 bridgehead atoms. The molecule has 0 amide bonds. The molecule has 0 aliphatic carbocycles. The Morgan fingerprint density at radius 1 is 1.32 bits per heavy atom. The third-order valence-corrected chi connectivity index (χ3v) is 2.67. The molecule has 0 spiro atoms. The van der Waals surface area contributed by atoms with Gasteiger partial charge in [0.1, 0.15) is 5.65 Å². The molecule has 0 aliphatic rings. The Hall–Kier alpha value is -2.40. The average molecular weight is 274 g/mol. The van der Waals surface area contributed by atoms with Gasteiger partial charge in [0.15, 0.2) is 11.4 Å². The SMILES string of the molecule is O=C(Oc1cncc(Cl)c1)c1cn2ccccc2n1. The van der Waals surface area contributed by atoms with Crippen molar-refractivity contribution in [3.8, 4) is 5.75 Å². The Balaban J connectivity index is 1.87. The molecule has 3 aromatic rings. The molecule has 0 aromatic carbocycles. The lowest BCUT2D eigenvalue weighted by Gasteiger charge is -2.01. The van der Waals surface area contributed by atoms with E-state index < -0.39 is 5.97 Å². The predicted molar refractivity (Wildman–Crippen MR) is 69.4 cm³/mol. The van der Waals surface area contributed by atoms with Crippen LogP contribution in [0.2, 0.25) is 5.02 Å². The monoisotopic (exact) mass is 273 g/mol. The Morgan fingerprint density at radius 3 is 3.00 bits per heavy atom. The zero-order valence-corrected chi connectivity index (χ0v) is 10.4. The molecular weight excluding hydrogens is 266 g/mol. The number of hydrogen-bond donors (Lipinski definition) is 0. The van der Waals surface area contributed by atoms with Gasteiger partial charge in [-0.05, 0) is 12.1 Å². The van der Waals surface area contributed by atoms with Crippen LogP contribution >= 0.6 is 11.6 Å². The molecule has 0 aliphatic heterocycles. The van der Waals surface area contributed by atoms with Gasteiger partial charge in [0.05, 0.1) is 11.2 Å². The second-order valence-electron chi connectivity index (χ2n) is 3.82. The molecule has 6 heteroatoms. The topological polar surface area (TPSA) is 56.5 Å². The Kier molecular flexibility index (Phi) is 2.89. The van der Waals surface area contributed by atoms with Crippen molar-refractivity contribution in [2.24, 2.45) is 0 Å². The Morgan fingerprint density at radius 2 is 2.21 bits per heavy atom. The average Bonchev–Trinajstić information content (AvgIpc) is 2.82. The number of hydrogen-bond acceptors (Lipinski definition) is 4. The minimum Gasteiger partial charge on any atom is -0.420 e. The van der Waals surface area contributed by atoms with Crippen LogP contribution in [0.4, 0.5) is 0 Å². The van der Waals surface area contributed by atoms with E-state index in [9.17, 15) is 4.79 Å². The lowest BCUT2D eigenvalue weighted by molar-refractivity contribution is 0.0728. The Labute approximate surface area is 113 Å². The zero-order chi connectivity index (χ0) is 13.2. The fourth-order valence-corrected chi connectivity index (χ4v) is 1.80. The van der Waals surface area contributed by atoms with Gasteiger partial charge in [-0.15, -0.1) is 0 Å². The maximum atomic E-state index is 11.9. The van der Waals surface area contributed by atoms with Crippen molar-refractivity contribution in [3.05, 3.63) is 59.8 Å². The van der Waals surface area contributed by atoms with Gasteiger partial charge >= 0.3 is 5.97 Å². The molecule has 94 valence electrons. The van der Waals surface area contributed by atoms with Gasteiger partial charge in [0, 0.05) is 24.7 Å². The Bertz CT molecular complexity index is 721. The molecule has 0 saturated heterocycles. The summed E-state index contributed by atoms with van der Waals surface area (Å²) in [4.78, 5) is 19.9. The van der Waals surface area contributed by atoms with Crippen molar-refractivity contribution in [1.82, 2.24) is 14.4 Å². The molecule has 5 nitrogen and oxygen atoms in total. The van der Waals surface area contributed by atoms with Gasteiger partial charge in [-0.1, -0.05) is 17.7 Å². The minimum atomic E-state index is -0.548. The van der Waals surface area contributed by atoms with E-state index in [-0.39, 0.29) is 11.4 Å². The van der Waals surface area contributed by atoms with Gasteiger partial charge in [-0.2, -0.15) is 0 Å². The fraction of sp³-hybridized carbons (Fsp3) is 0. The number of rotatable bonds is 2.